The highest BCUT2D eigenvalue weighted by Crippen LogP contribution is 2.48. The zero-order chi connectivity index (χ0) is 18.3. The first-order valence-corrected chi connectivity index (χ1v) is 10.5. The molecule has 0 saturated carbocycles. The van der Waals surface area contributed by atoms with Gasteiger partial charge in [0.25, 0.3) is 0 Å². The van der Waals surface area contributed by atoms with Gasteiger partial charge < -0.3 is 15.2 Å². The van der Waals surface area contributed by atoms with Gasteiger partial charge in [0.2, 0.25) is 0 Å². The molecule has 2 aromatic rings. The Morgan fingerprint density at radius 2 is 2.35 bits per heavy atom. The van der Waals surface area contributed by atoms with E-state index in [1.165, 1.54) is 16.0 Å². The highest BCUT2D eigenvalue weighted by molar-refractivity contribution is 7.16. The second kappa shape index (κ2) is 7.24. The van der Waals surface area contributed by atoms with E-state index in [1.807, 2.05) is 11.6 Å². The molecule has 1 spiro atoms. The molecule has 26 heavy (non-hydrogen) atoms. The maximum Gasteiger partial charge on any atom is 0.0934 e. The minimum Gasteiger partial charge on any atom is -0.394 e. The van der Waals surface area contributed by atoms with Crippen LogP contribution in [0, 0.1) is 6.92 Å². The van der Waals surface area contributed by atoms with Crippen LogP contribution in [0.25, 0.3) is 0 Å². The van der Waals surface area contributed by atoms with E-state index in [4.69, 9.17) is 16.3 Å². The van der Waals surface area contributed by atoms with E-state index in [2.05, 4.69) is 29.6 Å². The van der Waals surface area contributed by atoms with E-state index < -0.39 is 0 Å². The van der Waals surface area contributed by atoms with Crippen molar-refractivity contribution in [3.63, 3.8) is 0 Å². The third kappa shape index (κ3) is 3.34. The molecule has 7 heteroatoms. The number of piperidine rings is 1. The standard InChI is InChI=1S/C19H26ClN3O2S/c1-12-8-19(11-25-6-3-14-7-17(20)26-18(14)19)9-16(21-12)15-10-23(4-5-24)22-13(15)2/h7,10,12,16,21,24H,3-6,8-9,11H2,1-2H3. The number of nitrogens with zero attached hydrogens (tertiary/aromatic N) is 2. The van der Waals surface area contributed by atoms with Crippen LogP contribution in [0.2, 0.25) is 4.34 Å². The van der Waals surface area contributed by atoms with Crippen LogP contribution in [0.15, 0.2) is 12.3 Å². The Kier molecular flexibility index (Phi) is 5.14. The molecule has 2 N–H and O–H groups in total. The van der Waals surface area contributed by atoms with Crippen LogP contribution in [0.5, 0.6) is 0 Å². The van der Waals surface area contributed by atoms with Gasteiger partial charge in [-0.25, -0.2) is 0 Å². The number of fused-ring (bicyclic) bond motifs is 2. The summed E-state index contributed by atoms with van der Waals surface area (Å²) in [6.45, 7) is 6.45. The third-order valence-electron chi connectivity index (χ3n) is 5.62. The minimum absolute atomic E-state index is 0.00446. The Balaban J connectivity index is 1.70. The van der Waals surface area contributed by atoms with E-state index in [0.717, 1.165) is 42.5 Å². The number of hydrogen-bond acceptors (Lipinski definition) is 5. The molecule has 0 aromatic carbocycles. The summed E-state index contributed by atoms with van der Waals surface area (Å²) in [6.07, 6.45) is 5.05. The largest absolute Gasteiger partial charge is 0.394 e. The fraction of sp³-hybridized carbons (Fsp3) is 0.632. The molecule has 2 aromatic heterocycles. The molecule has 1 fully saturated rings. The zero-order valence-electron chi connectivity index (χ0n) is 15.3. The van der Waals surface area contributed by atoms with Crippen LogP contribution in [-0.2, 0) is 23.1 Å². The fourth-order valence-corrected chi connectivity index (χ4v) is 6.16. The molecule has 142 valence electrons. The number of aromatic nitrogens is 2. The third-order valence-corrected chi connectivity index (χ3v) is 7.17. The summed E-state index contributed by atoms with van der Waals surface area (Å²) in [7, 11) is 0. The normalized spacial score (nSPS) is 28.9. The van der Waals surface area contributed by atoms with E-state index >= 15 is 0 Å². The van der Waals surface area contributed by atoms with Gasteiger partial charge in [-0.1, -0.05) is 11.6 Å². The van der Waals surface area contributed by atoms with Crippen LogP contribution in [0.1, 0.15) is 47.5 Å². The lowest BCUT2D eigenvalue weighted by atomic mass is 9.71. The van der Waals surface area contributed by atoms with E-state index in [9.17, 15) is 5.11 Å². The molecule has 3 unspecified atom stereocenters. The minimum atomic E-state index is 0.00446. The van der Waals surface area contributed by atoms with E-state index in [1.54, 1.807) is 11.3 Å². The van der Waals surface area contributed by atoms with Crippen molar-refractivity contribution in [2.75, 3.05) is 19.8 Å². The summed E-state index contributed by atoms with van der Waals surface area (Å²) < 4.78 is 8.78. The summed E-state index contributed by atoms with van der Waals surface area (Å²) in [4.78, 5) is 1.42. The van der Waals surface area contributed by atoms with Gasteiger partial charge in [0.15, 0.2) is 0 Å². The number of aryl methyl sites for hydroxylation is 1. The molecule has 0 aliphatic carbocycles. The van der Waals surface area contributed by atoms with Crippen molar-refractivity contribution in [3.05, 3.63) is 38.3 Å². The average Bonchev–Trinajstić information content (AvgIpc) is 3.10. The van der Waals surface area contributed by atoms with Gasteiger partial charge in [-0.05, 0) is 44.7 Å². The molecule has 0 radical (unpaired) electrons. The summed E-state index contributed by atoms with van der Waals surface area (Å²) >= 11 is 8.11. The summed E-state index contributed by atoms with van der Waals surface area (Å²) in [6, 6.07) is 2.73. The second-order valence-electron chi connectivity index (χ2n) is 7.67. The van der Waals surface area contributed by atoms with Crippen molar-refractivity contribution in [2.24, 2.45) is 0 Å². The zero-order valence-corrected chi connectivity index (χ0v) is 16.9. The maximum atomic E-state index is 9.21. The summed E-state index contributed by atoms with van der Waals surface area (Å²) in [5.41, 5.74) is 3.61. The van der Waals surface area contributed by atoms with Crippen LogP contribution in [-0.4, -0.2) is 40.7 Å². The quantitative estimate of drug-likeness (QED) is 0.837. The first-order chi connectivity index (χ1) is 12.5. The molecular weight excluding hydrogens is 370 g/mol. The Labute approximate surface area is 163 Å². The highest BCUT2D eigenvalue weighted by Gasteiger charge is 2.45. The molecule has 1 saturated heterocycles. The number of thiophene rings is 1. The SMILES string of the molecule is Cc1nn(CCO)cc1C1CC2(COCCc3cc(Cl)sc32)CC(C)N1. The Morgan fingerprint density at radius 1 is 1.50 bits per heavy atom. The number of ether oxygens (including phenoxy) is 1. The van der Waals surface area contributed by atoms with Crippen LogP contribution in [0.4, 0.5) is 0 Å². The average molecular weight is 396 g/mol. The Hall–Kier alpha value is -0.920. The predicted molar refractivity (Wildman–Crippen MR) is 104 cm³/mol. The second-order valence-corrected chi connectivity index (χ2v) is 9.36. The van der Waals surface area contributed by atoms with Gasteiger partial charge in [0.05, 0.1) is 36.4 Å². The van der Waals surface area contributed by atoms with Crippen molar-refractivity contribution in [1.82, 2.24) is 15.1 Å². The summed E-state index contributed by atoms with van der Waals surface area (Å²) in [5.74, 6) is 0. The topological polar surface area (TPSA) is 59.3 Å². The number of halogens is 1. The number of nitrogens with one attached hydrogen (secondary N) is 1. The van der Waals surface area contributed by atoms with Gasteiger partial charge in [0.1, 0.15) is 0 Å². The number of rotatable bonds is 3. The molecular formula is C19H26ClN3O2S. The van der Waals surface area contributed by atoms with Gasteiger partial charge >= 0.3 is 0 Å². The van der Waals surface area contributed by atoms with Gasteiger partial charge in [-0.2, -0.15) is 5.10 Å². The smallest absolute Gasteiger partial charge is 0.0934 e. The molecule has 0 bridgehead atoms. The monoisotopic (exact) mass is 395 g/mol. The van der Waals surface area contributed by atoms with Gasteiger partial charge in [-0.3, -0.25) is 4.68 Å². The lowest BCUT2D eigenvalue weighted by Gasteiger charge is -2.43. The number of aliphatic hydroxyl groups is 1. The first kappa shape index (κ1) is 18.4. The molecule has 5 nitrogen and oxygen atoms in total. The highest BCUT2D eigenvalue weighted by atomic mass is 35.5. The van der Waals surface area contributed by atoms with Crippen molar-refractivity contribution >= 4 is 22.9 Å². The molecule has 2 aliphatic rings. The molecule has 4 rings (SSSR count). The molecule has 4 heterocycles. The number of aliphatic hydroxyl groups excluding tert-OH is 1. The first-order valence-electron chi connectivity index (χ1n) is 9.28. The lowest BCUT2D eigenvalue weighted by Crippen LogP contribution is -2.48. The van der Waals surface area contributed by atoms with Crippen molar-refractivity contribution in [2.45, 2.75) is 57.2 Å². The molecule has 2 aliphatic heterocycles. The maximum absolute atomic E-state index is 9.21. The lowest BCUT2D eigenvalue weighted by molar-refractivity contribution is 0.0607. The van der Waals surface area contributed by atoms with Crippen LogP contribution >= 0.6 is 22.9 Å². The van der Waals surface area contributed by atoms with E-state index in [-0.39, 0.29) is 18.1 Å². The molecule has 0 amide bonds. The van der Waals surface area contributed by atoms with Crippen molar-refractivity contribution in [1.29, 1.82) is 0 Å². The van der Waals surface area contributed by atoms with E-state index in [0.29, 0.717) is 12.6 Å². The van der Waals surface area contributed by atoms with Crippen LogP contribution in [0.3, 0.4) is 0 Å². The molecule has 3 atom stereocenters. The Bertz CT molecular complexity index is 790. The van der Waals surface area contributed by atoms with Crippen molar-refractivity contribution in [3.8, 4) is 0 Å². The van der Waals surface area contributed by atoms with Gasteiger partial charge in [0, 0.05) is 34.1 Å². The van der Waals surface area contributed by atoms with Crippen LogP contribution < -0.4 is 5.32 Å². The van der Waals surface area contributed by atoms with Crippen molar-refractivity contribution < 1.29 is 9.84 Å². The number of hydrogen-bond donors (Lipinski definition) is 2. The summed E-state index contributed by atoms with van der Waals surface area (Å²) in [5, 5.41) is 17.5. The predicted octanol–water partition coefficient (Wildman–Crippen LogP) is 3.22. The van der Waals surface area contributed by atoms with Gasteiger partial charge in [-0.15, -0.1) is 11.3 Å². The Morgan fingerprint density at radius 3 is 3.15 bits per heavy atom. The fourth-order valence-electron chi connectivity index (χ4n) is 4.66.